The highest BCUT2D eigenvalue weighted by Gasteiger charge is 2.09. The Balaban J connectivity index is 2.53. The van der Waals surface area contributed by atoms with Crippen molar-refractivity contribution in [3.05, 3.63) is 53.2 Å². The van der Waals surface area contributed by atoms with Crippen molar-refractivity contribution in [2.75, 3.05) is 0 Å². The Morgan fingerprint density at radius 3 is 2.94 bits per heavy atom. The fraction of sp³-hybridized carbons (Fsp3) is 0.154. The van der Waals surface area contributed by atoms with E-state index in [9.17, 15) is 0 Å². The minimum atomic E-state index is -0.0848. The molecule has 0 radical (unpaired) electrons. The molecule has 0 bridgehead atoms. The lowest BCUT2D eigenvalue weighted by Crippen LogP contribution is -2.11. The van der Waals surface area contributed by atoms with Crippen molar-refractivity contribution in [1.29, 1.82) is 0 Å². The van der Waals surface area contributed by atoms with Gasteiger partial charge in [-0.1, -0.05) is 40.2 Å². The number of nitrogens with zero attached hydrogens (tertiary/aromatic N) is 1. The van der Waals surface area contributed by atoms with Gasteiger partial charge >= 0.3 is 0 Å². The standard InChI is InChI=1S/C13H13BrN2/c1-2-5-11(15)13-8-10(14)9-6-3-4-7-12(9)16-13/h2-4,6-8,11H,1,5,15H2. The minimum absolute atomic E-state index is 0.0848. The Morgan fingerprint density at radius 1 is 1.44 bits per heavy atom. The summed E-state index contributed by atoms with van der Waals surface area (Å²) < 4.78 is 1.03. The number of benzene rings is 1. The second kappa shape index (κ2) is 4.76. The molecule has 16 heavy (non-hydrogen) atoms. The highest BCUT2D eigenvalue weighted by atomic mass is 79.9. The van der Waals surface area contributed by atoms with E-state index in [-0.39, 0.29) is 6.04 Å². The van der Waals surface area contributed by atoms with Gasteiger partial charge in [0.2, 0.25) is 0 Å². The van der Waals surface area contributed by atoms with Crippen LogP contribution in [0.1, 0.15) is 18.2 Å². The molecule has 3 heteroatoms. The first-order valence-corrected chi connectivity index (χ1v) is 5.93. The maximum Gasteiger partial charge on any atom is 0.0717 e. The van der Waals surface area contributed by atoms with Crippen molar-refractivity contribution >= 4 is 26.8 Å². The summed E-state index contributed by atoms with van der Waals surface area (Å²) in [6.07, 6.45) is 2.55. The zero-order chi connectivity index (χ0) is 11.5. The Kier molecular flexibility index (Phi) is 3.36. The van der Waals surface area contributed by atoms with Crippen LogP contribution in [-0.2, 0) is 0 Å². The Hall–Kier alpha value is -1.19. The van der Waals surface area contributed by atoms with Crippen LogP contribution in [-0.4, -0.2) is 4.98 Å². The van der Waals surface area contributed by atoms with Gasteiger partial charge in [0.1, 0.15) is 0 Å². The molecular formula is C13H13BrN2. The molecule has 0 amide bonds. The van der Waals surface area contributed by atoms with Gasteiger partial charge in [-0.15, -0.1) is 6.58 Å². The highest BCUT2D eigenvalue weighted by Crippen LogP contribution is 2.26. The topological polar surface area (TPSA) is 38.9 Å². The molecule has 0 aliphatic carbocycles. The Bertz CT molecular complexity index is 522. The molecule has 2 rings (SSSR count). The molecule has 1 heterocycles. The van der Waals surface area contributed by atoms with Crippen LogP contribution < -0.4 is 5.73 Å². The van der Waals surface area contributed by atoms with Crippen LogP contribution in [0.2, 0.25) is 0 Å². The zero-order valence-electron chi connectivity index (χ0n) is 8.86. The molecule has 0 spiro atoms. The van der Waals surface area contributed by atoms with E-state index < -0.39 is 0 Å². The molecule has 2 nitrogen and oxygen atoms in total. The number of nitrogens with two attached hydrogens (primary N) is 1. The largest absolute Gasteiger partial charge is 0.322 e. The third-order valence-corrected chi connectivity index (χ3v) is 3.14. The molecule has 0 aliphatic heterocycles. The van der Waals surface area contributed by atoms with Crippen molar-refractivity contribution in [2.45, 2.75) is 12.5 Å². The summed E-state index contributed by atoms with van der Waals surface area (Å²) in [7, 11) is 0. The molecule has 2 aromatic rings. The molecule has 1 aromatic heterocycles. The van der Waals surface area contributed by atoms with Gasteiger partial charge in [-0.2, -0.15) is 0 Å². The number of pyridine rings is 1. The molecular weight excluding hydrogens is 264 g/mol. The Labute approximate surface area is 103 Å². The number of hydrogen-bond donors (Lipinski definition) is 1. The van der Waals surface area contributed by atoms with Gasteiger partial charge in [-0.05, 0) is 18.6 Å². The zero-order valence-corrected chi connectivity index (χ0v) is 10.4. The molecule has 1 aromatic carbocycles. The van der Waals surface area contributed by atoms with E-state index in [0.717, 1.165) is 27.5 Å². The van der Waals surface area contributed by atoms with Crippen LogP contribution in [0.4, 0.5) is 0 Å². The first kappa shape index (κ1) is 11.3. The number of halogens is 1. The number of para-hydroxylation sites is 1. The van der Waals surface area contributed by atoms with Crippen LogP contribution in [0.25, 0.3) is 10.9 Å². The van der Waals surface area contributed by atoms with Crippen molar-refractivity contribution in [1.82, 2.24) is 4.98 Å². The Morgan fingerprint density at radius 2 is 2.19 bits per heavy atom. The smallest absolute Gasteiger partial charge is 0.0717 e. The van der Waals surface area contributed by atoms with Crippen molar-refractivity contribution in [2.24, 2.45) is 5.73 Å². The van der Waals surface area contributed by atoms with E-state index in [4.69, 9.17) is 5.73 Å². The summed E-state index contributed by atoms with van der Waals surface area (Å²) in [6.45, 7) is 3.69. The normalized spacial score (nSPS) is 12.6. The van der Waals surface area contributed by atoms with Crippen LogP contribution in [0.3, 0.4) is 0 Å². The van der Waals surface area contributed by atoms with E-state index in [2.05, 4.69) is 27.5 Å². The van der Waals surface area contributed by atoms with Gasteiger partial charge in [0.15, 0.2) is 0 Å². The van der Waals surface area contributed by atoms with Gasteiger partial charge in [0.05, 0.1) is 17.3 Å². The monoisotopic (exact) mass is 276 g/mol. The average Bonchev–Trinajstić information content (AvgIpc) is 2.29. The SMILES string of the molecule is C=CCC(N)c1cc(Br)c2ccccc2n1. The summed E-state index contributed by atoms with van der Waals surface area (Å²) in [6, 6.07) is 9.90. The quantitative estimate of drug-likeness (QED) is 0.871. The predicted octanol–water partition coefficient (Wildman–Crippen LogP) is 3.57. The van der Waals surface area contributed by atoms with E-state index >= 15 is 0 Å². The molecule has 1 unspecified atom stereocenters. The van der Waals surface area contributed by atoms with Crippen molar-refractivity contribution in [3.8, 4) is 0 Å². The van der Waals surface area contributed by atoms with Crippen molar-refractivity contribution < 1.29 is 0 Å². The first-order valence-electron chi connectivity index (χ1n) is 5.14. The summed E-state index contributed by atoms with van der Waals surface area (Å²) in [5.74, 6) is 0. The van der Waals surface area contributed by atoms with E-state index in [1.165, 1.54) is 0 Å². The average molecular weight is 277 g/mol. The van der Waals surface area contributed by atoms with Crippen LogP contribution in [0.15, 0.2) is 47.5 Å². The second-order valence-electron chi connectivity index (χ2n) is 3.68. The van der Waals surface area contributed by atoms with Crippen molar-refractivity contribution in [3.63, 3.8) is 0 Å². The number of hydrogen-bond acceptors (Lipinski definition) is 2. The predicted molar refractivity (Wildman–Crippen MR) is 71.2 cm³/mol. The van der Waals surface area contributed by atoms with Crippen LogP contribution in [0.5, 0.6) is 0 Å². The lowest BCUT2D eigenvalue weighted by atomic mass is 10.1. The fourth-order valence-electron chi connectivity index (χ4n) is 1.64. The van der Waals surface area contributed by atoms with Gasteiger partial charge in [0, 0.05) is 9.86 Å². The second-order valence-corrected chi connectivity index (χ2v) is 4.53. The van der Waals surface area contributed by atoms with Gasteiger partial charge in [0.25, 0.3) is 0 Å². The van der Waals surface area contributed by atoms with Crippen LogP contribution >= 0.6 is 15.9 Å². The first-order chi connectivity index (χ1) is 7.72. The number of aromatic nitrogens is 1. The molecule has 0 saturated carbocycles. The maximum atomic E-state index is 6.01. The molecule has 0 aliphatic rings. The molecule has 0 saturated heterocycles. The number of rotatable bonds is 3. The fourth-order valence-corrected chi connectivity index (χ4v) is 2.21. The van der Waals surface area contributed by atoms with Crippen LogP contribution in [0, 0.1) is 0 Å². The maximum absolute atomic E-state index is 6.01. The van der Waals surface area contributed by atoms with E-state index in [1.54, 1.807) is 0 Å². The number of fused-ring (bicyclic) bond motifs is 1. The third kappa shape index (κ3) is 2.15. The van der Waals surface area contributed by atoms with E-state index in [0.29, 0.717) is 0 Å². The molecule has 2 N–H and O–H groups in total. The summed E-state index contributed by atoms with van der Waals surface area (Å²) in [5.41, 5.74) is 7.87. The summed E-state index contributed by atoms with van der Waals surface area (Å²) in [4.78, 5) is 4.55. The van der Waals surface area contributed by atoms with E-state index in [1.807, 2.05) is 36.4 Å². The minimum Gasteiger partial charge on any atom is -0.322 e. The molecule has 0 fully saturated rings. The van der Waals surface area contributed by atoms with Gasteiger partial charge < -0.3 is 5.73 Å². The summed E-state index contributed by atoms with van der Waals surface area (Å²) >= 11 is 3.55. The molecule has 1 atom stereocenters. The lowest BCUT2D eigenvalue weighted by molar-refractivity contribution is 0.717. The third-order valence-electron chi connectivity index (χ3n) is 2.49. The van der Waals surface area contributed by atoms with Gasteiger partial charge in [-0.3, -0.25) is 4.98 Å². The highest BCUT2D eigenvalue weighted by molar-refractivity contribution is 9.10. The van der Waals surface area contributed by atoms with Gasteiger partial charge in [-0.25, -0.2) is 0 Å². The summed E-state index contributed by atoms with van der Waals surface area (Å²) in [5, 5.41) is 1.11. The molecule has 82 valence electrons. The lowest BCUT2D eigenvalue weighted by Gasteiger charge is -2.10.